The van der Waals surface area contributed by atoms with Gasteiger partial charge in [-0.15, -0.1) is 0 Å². The molecule has 0 atom stereocenters. The summed E-state index contributed by atoms with van der Waals surface area (Å²) < 4.78 is 19.8. The minimum atomic E-state index is -0.330. The summed E-state index contributed by atoms with van der Waals surface area (Å²) in [5, 5.41) is 0. The van der Waals surface area contributed by atoms with Crippen LogP contribution in [0.25, 0.3) is 11.1 Å². The Morgan fingerprint density at radius 1 is 1.10 bits per heavy atom. The maximum absolute atomic E-state index is 13.0. The molecule has 30 heavy (non-hydrogen) atoms. The van der Waals surface area contributed by atoms with Crippen LogP contribution in [0.4, 0.5) is 4.39 Å². The second kappa shape index (κ2) is 8.96. The SMILES string of the molecule is Cn1c(=O)oc2cc(CCCCN3CCC(C(=O)c4ccc(F)cc4)CC3)ccc21. The van der Waals surface area contributed by atoms with Crippen LogP contribution in [0.1, 0.15) is 41.6 Å². The zero-order valence-corrected chi connectivity index (χ0v) is 17.3. The number of piperidine rings is 1. The van der Waals surface area contributed by atoms with E-state index in [9.17, 15) is 14.0 Å². The van der Waals surface area contributed by atoms with Gasteiger partial charge in [-0.1, -0.05) is 6.07 Å². The third-order valence-electron chi connectivity index (χ3n) is 6.13. The number of fused-ring (bicyclic) bond motifs is 1. The number of rotatable bonds is 7. The minimum Gasteiger partial charge on any atom is -0.408 e. The smallest absolute Gasteiger partial charge is 0.408 e. The number of aryl methyl sites for hydroxylation is 2. The number of ketones is 1. The first-order valence-corrected chi connectivity index (χ1v) is 10.6. The summed E-state index contributed by atoms with van der Waals surface area (Å²) in [6.07, 6.45) is 4.83. The van der Waals surface area contributed by atoms with Crippen molar-refractivity contribution >= 4 is 16.9 Å². The molecular formula is C24H27FN2O3. The lowest BCUT2D eigenvalue weighted by molar-refractivity contribution is 0.0839. The Morgan fingerprint density at radius 3 is 2.57 bits per heavy atom. The van der Waals surface area contributed by atoms with Crippen molar-refractivity contribution in [2.45, 2.75) is 32.1 Å². The van der Waals surface area contributed by atoms with Gasteiger partial charge >= 0.3 is 5.76 Å². The van der Waals surface area contributed by atoms with E-state index in [1.165, 1.54) is 22.3 Å². The predicted octanol–water partition coefficient (Wildman–Crippen LogP) is 4.19. The van der Waals surface area contributed by atoms with E-state index in [1.54, 1.807) is 19.2 Å². The van der Waals surface area contributed by atoms with Crippen LogP contribution in [0.15, 0.2) is 51.7 Å². The molecule has 158 valence electrons. The molecule has 6 heteroatoms. The number of hydrogen-bond acceptors (Lipinski definition) is 4. The van der Waals surface area contributed by atoms with Gasteiger partial charge in [0, 0.05) is 18.5 Å². The van der Waals surface area contributed by atoms with Gasteiger partial charge in [0.2, 0.25) is 0 Å². The molecule has 4 rings (SSSR count). The summed E-state index contributed by atoms with van der Waals surface area (Å²) in [5.41, 5.74) is 3.26. The molecule has 1 aliphatic heterocycles. The molecule has 2 heterocycles. The second-order valence-corrected chi connectivity index (χ2v) is 8.17. The number of aromatic nitrogens is 1. The Balaban J connectivity index is 1.20. The van der Waals surface area contributed by atoms with Gasteiger partial charge in [0.05, 0.1) is 5.52 Å². The monoisotopic (exact) mass is 410 g/mol. The molecule has 0 bridgehead atoms. The van der Waals surface area contributed by atoms with Gasteiger partial charge in [-0.3, -0.25) is 9.36 Å². The lowest BCUT2D eigenvalue weighted by Gasteiger charge is -2.31. The van der Waals surface area contributed by atoms with Gasteiger partial charge in [-0.2, -0.15) is 0 Å². The quantitative estimate of drug-likeness (QED) is 0.433. The van der Waals surface area contributed by atoms with Crippen molar-refractivity contribution in [2.24, 2.45) is 13.0 Å². The molecule has 0 aliphatic carbocycles. The zero-order chi connectivity index (χ0) is 21.1. The second-order valence-electron chi connectivity index (χ2n) is 8.17. The summed E-state index contributed by atoms with van der Waals surface area (Å²) in [5.74, 6) is -0.463. The Morgan fingerprint density at radius 2 is 1.83 bits per heavy atom. The van der Waals surface area contributed by atoms with E-state index in [4.69, 9.17) is 4.42 Å². The van der Waals surface area contributed by atoms with Gasteiger partial charge in [0.25, 0.3) is 0 Å². The van der Waals surface area contributed by atoms with E-state index in [-0.39, 0.29) is 23.3 Å². The molecule has 1 aromatic heterocycles. The van der Waals surface area contributed by atoms with Crippen molar-refractivity contribution in [3.63, 3.8) is 0 Å². The molecular weight excluding hydrogens is 383 g/mol. The number of carbonyl (C=O) groups is 1. The summed E-state index contributed by atoms with van der Waals surface area (Å²) in [7, 11) is 1.71. The van der Waals surface area contributed by atoms with Crippen molar-refractivity contribution in [2.75, 3.05) is 19.6 Å². The molecule has 0 saturated carbocycles. The highest BCUT2D eigenvalue weighted by molar-refractivity contribution is 5.97. The van der Waals surface area contributed by atoms with Crippen LogP contribution in [-0.2, 0) is 13.5 Å². The largest absolute Gasteiger partial charge is 0.419 e. The number of nitrogens with zero attached hydrogens (tertiary/aromatic N) is 2. The summed E-state index contributed by atoms with van der Waals surface area (Å²) in [6, 6.07) is 11.8. The predicted molar refractivity (Wildman–Crippen MR) is 114 cm³/mol. The van der Waals surface area contributed by atoms with Crippen LogP contribution in [0.3, 0.4) is 0 Å². The van der Waals surface area contributed by atoms with Crippen LogP contribution in [-0.4, -0.2) is 34.9 Å². The average Bonchev–Trinajstić information content (AvgIpc) is 3.05. The third-order valence-corrected chi connectivity index (χ3v) is 6.13. The Bertz CT molecular complexity index is 1080. The third kappa shape index (κ3) is 4.54. The molecule has 1 aliphatic rings. The number of hydrogen-bond donors (Lipinski definition) is 0. The zero-order valence-electron chi connectivity index (χ0n) is 17.3. The molecule has 3 aromatic rings. The van der Waals surface area contributed by atoms with Gasteiger partial charge in [0.1, 0.15) is 5.82 Å². The number of carbonyl (C=O) groups excluding carboxylic acids is 1. The Labute approximate surface area is 175 Å². The Hall–Kier alpha value is -2.73. The van der Waals surface area contributed by atoms with Crippen LogP contribution >= 0.6 is 0 Å². The average molecular weight is 410 g/mol. The minimum absolute atomic E-state index is 0.0407. The molecule has 0 amide bonds. The topological polar surface area (TPSA) is 55.5 Å². The molecule has 1 saturated heterocycles. The molecule has 0 spiro atoms. The molecule has 1 fully saturated rings. The fourth-order valence-electron chi connectivity index (χ4n) is 4.27. The number of benzene rings is 2. The number of oxazole rings is 1. The molecule has 5 nitrogen and oxygen atoms in total. The number of likely N-dealkylation sites (tertiary alicyclic amines) is 1. The summed E-state index contributed by atoms with van der Waals surface area (Å²) >= 11 is 0. The van der Waals surface area contributed by atoms with Crippen molar-refractivity contribution in [1.29, 1.82) is 0 Å². The maximum Gasteiger partial charge on any atom is 0.419 e. The lowest BCUT2D eigenvalue weighted by atomic mass is 9.89. The summed E-state index contributed by atoms with van der Waals surface area (Å²) in [4.78, 5) is 26.6. The maximum atomic E-state index is 13.0. The fourth-order valence-corrected chi connectivity index (χ4v) is 4.27. The highest BCUT2D eigenvalue weighted by atomic mass is 19.1. The highest BCUT2D eigenvalue weighted by Crippen LogP contribution is 2.22. The number of unbranched alkanes of at least 4 members (excludes halogenated alkanes) is 1. The molecule has 2 aromatic carbocycles. The van der Waals surface area contributed by atoms with E-state index in [0.717, 1.165) is 57.3 Å². The van der Waals surface area contributed by atoms with Crippen molar-refractivity contribution in [1.82, 2.24) is 9.47 Å². The van der Waals surface area contributed by atoms with E-state index in [0.29, 0.717) is 11.1 Å². The molecule has 0 unspecified atom stereocenters. The van der Waals surface area contributed by atoms with Crippen LogP contribution in [0, 0.1) is 11.7 Å². The van der Waals surface area contributed by atoms with Crippen molar-refractivity contribution in [3.8, 4) is 0 Å². The molecule has 0 N–H and O–H groups in total. The molecule has 0 radical (unpaired) electrons. The Kier molecular flexibility index (Phi) is 6.13. The number of halogens is 1. The van der Waals surface area contributed by atoms with E-state index in [2.05, 4.69) is 11.0 Å². The number of Topliss-reactive ketones (excluding diaryl/α,β-unsaturated/α-hetero) is 1. The normalized spacial score (nSPS) is 15.7. The first-order valence-electron chi connectivity index (χ1n) is 10.6. The van der Waals surface area contributed by atoms with Crippen LogP contribution in [0.5, 0.6) is 0 Å². The van der Waals surface area contributed by atoms with E-state index in [1.807, 2.05) is 12.1 Å². The first kappa shape index (κ1) is 20.5. The van der Waals surface area contributed by atoms with Gasteiger partial charge < -0.3 is 9.32 Å². The van der Waals surface area contributed by atoms with Crippen LogP contribution in [0.2, 0.25) is 0 Å². The fraction of sp³-hybridized carbons (Fsp3) is 0.417. The van der Waals surface area contributed by atoms with Crippen molar-refractivity contribution in [3.05, 3.63) is 70.0 Å². The van der Waals surface area contributed by atoms with E-state index < -0.39 is 0 Å². The highest BCUT2D eigenvalue weighted by Gasteiger charge is 2.25. The summed E-state index contributed by atoms with van der Waals surface area (Å²) in [6.45, 7) is 2.89. The van der Waals surface area contributed by atoms with Crippen molar-refractivity contribution < 1.29 is 13.6 Å². The first-order chi connectivity index (χ1) is 14.5. The van der Waals surface area contributed by atoms with Gasteiger partial charge in [-0.25, -0.2) is 9.18 Å². The van der Waals surface area contributed by atoms with Gasteiger partial charge in [0.15, 0.2) is 11.4 Å². The van der Waals surface area contributed by atoms with E-state index >= 15 is 0 Å². The van der Waals surface area contributed by atoms with Gasteiger partial charge in [-0.05, 0) is 93.7 Å². The lowest BCUT2D eigenvalue weighted by Crippen LogP contribution is -2.37. The van der Waals surface area contributed by atoms with Crippen LogP contribution < -0.4 is 5.76 Å². The standard InChI is InChI=1S/C24H27FN2O3/c1-26-21-10-5-17(16-22(21)30-24(26)29)4-2-3-13-27-14-11-19(12-15-27)23(28)18-6-8-20(25)9-7-18/h5-10,16,19H,2-4,11-15H2,1H3.